The number of ether oxygens (including phenoxy) is 2. The molecule has 1 fully saturated rings. The summed E-state index contributed by atoms with van der Waals surface area (Å²) in [6.45, 7) is 4.89. The van der Waals surface area contributed by atoms with Crippen molar-refractivity contribution in [2.75, 3.05) is 39.1 Å². The van der Waals surface area contributed by atoms with Crippen molar-refractivity contribution in [3.8, 4) is 5.75 Å². The number of benzene rings is 1. The predicted molar refractivity (Wildman–Crippen MR) is 126 cm³/mol. The van der Waals surface area contributed by atoms with Gasteiger partial charge in [0.2, 0.25) is 0 Å². The zero-order chi connectivity index (χ0) is 23.4. The van der Waals surface area contributed by atoms with Crippen molar-refractivity contribution in [1.29, 1.82) is 0 Å². The molecular formula is C24H30N2O6S. The first-order chi connectivity index (χ1) is 15.9. The van der Waals surface area contributed by atoms with Gasteiger partial charge >= 0.3 is 5.97 Å². The van der Waals surface area contributed by atoms with E-state index in [4.69, 9.17) is 13.7 Å². The molecule has 0 saturated carbocycles. The molecular weight excluding hydrogens is 444 g/mol. The molecule has 0 amide bonds. The predicted octanol–water partition coefficient (Wildman–Crippen LogP) is 3.48. The summed E-state index contributed by atoms with van der Waals surface area (Å²) >= 11 is 0. The van der Waals surface area contributed by atoms with Gasteiger partial charge in [-0.3, -0.25) is 9.08 Å². The number of aromatic nitrogens is 1. The van der Waals surface area contributed by atoms with E-state index >= 15 is 0 Å². The number of likely N-dealkylation sites (tertiary alicyclic amines) is 1. The van der Waals surface area contributed by atoms with Crippen molar-refractivity contribution in [3.05, 3.63) is 48.2 Å². The second kappa shape index (κ2) is 10.1. The number of esters is 1. The van der Waals surface area contributed by atoms with Crippen LogP contribution in [0, 0.1) is 0 Å². The highest BCUT2D eigenvalue weighted by Crippen LogP contribution is 2.30. The summed E-state index contributed by atoms with van der Waals surface area (Å²) in [4.78, 5) is 15.0. The van der Waals surface area contributed by atoms with E-state index in [1.807, 2.05) is 47.0 Å². The molecule has 0 bridgehead atoms. The van der Waals surface area contributed by atoms with E-state index in [2.05, 4.69) is 4.90 Å². The Bertz CT molecular complexity index is 1230. The van der Waals surface area contributed by atoms with Crippen LogP contribution < -0.4 is 4.74 Å². The van der Waals surface area contributed by atoms with Crippen LogP contribution in [0.15, 0.2) is 42.6 Å². The van der Waals surface area contributed by atoms with Crippen molar-refractivity contribution in [1.82, 2.24) is 9.30 Å². The fraction of sp³-hybridized carbons (Fsp3) is 0.458. The summed E-state index contributed by atoms with van der Waals surface area (Å²) in [6.07, 6.45) is 5.45. The summed E-state index contributed by atoms with van der Waals surface area (Å²) < 4.78 is 41.3. The van der Waals surface area contributed by atoms with Gasteiger partial charge < -0.3 is 13.9 Å². The van der Waals surface area contributed by atoms with Gasteiger partial charge in [-0.2, -0.15) is 8.42 Å². The summed E-state index contributed by atoms with van der Waals surface area (Å²) in [5.74, 6) is 0.289. The van der Waals surface area contributed by atoms with E-state index in [0.29, 0.717) is 30.9 Å². The highest BCUT2D eigenvalue weighted by atomic mass is 32.2. The van der Waals surface area contributed by atoms with Gasteiger partial charge in [-0.25, -0.2) is 4.79 Å². The van der Waals surface area contributed by atoms with E-state index in [-0.39, 0.29) is 18.7 Å². The SMILES string of the molecule is CCOC(=O)c1c2ccccc2n2cc(OC(CCOS(C)(=O)=O)CN3CCCC3)ccc12. The number of hydrogen-bond acceptors (Lipinski definition) is 7. The van der Waals surface area contributed by atoms with Crippen molar-refractivity contribution < 1.29 is 26.9 Å². The molecule has 8 nitrogen and oxygen atoms in total. The molecule has 178 valence electrons. The third-order valence-electron chi connectivity index (χ3n) is 5.79. The van der Waals surface area contributed by atoms with Gasteiger partial charge in [-0.05, 0) is 51.1 Å². The monoisotopic (exact) mass is 474 g/mol. The Morgan fingerprint density at radius 2 is 1.85 bits per heavy atom. The lowest BCUT2D eigenvalue weighted by Gasteiger charge is -2.24. The van der Waals surface area contributed by atoms with E-state index in [1.54, 1.807) is 6.92 Å². The number of rotatable bonds is 10. The van der Waals surface area contributed by atoms with Crippen molar-refractivity contribution in [3.63, 3.8) is 0 Å². The minimum atomic E-state index is -3.50. The van der Waals surface area contributed by atoms with Gasteiger partial charge in [0, 0.05) is 18.4 Å². The molecule has 1 unspecified atom stereocenters. The first-order valence-electron chi connectivity index (χ1n) is 11.3. The third kappa shape index (κ3) is 5.66. The van der Waals surface area contributed by atoms with E-state index in [1.165, 1.54) is 0 Å². The summed E-state index contributed by atoms with van der Waals surface area (Å²) in [5.41, 5.74) is 2.17. The second-order valence-corrected chi connectivity index (χ2v) is 9.94. The Hall–Kier alpha value is -2.62. The third-order valence-corrected chi connectivity index (χ3v) is 6.39. The van der Waals surface area contributed by atoms with Crippen molar-refractivity contribution in [2.45, 2.75) is 32.3 Å². The second-order valence-electron chi connectivity index (χ2n) is 8.30. The maximum atomic E-state index is 12.7. The molecule has 9 heteroatoms. The largest absolute Gasteiger partial charge is 0.487 e. The number of para-hydroxylation sites is 1. The number of carbonyl (C=O) groups excluding carboxylic acids is 1. The summed E-state index contributed by atoms with van der Waals surface area (Å²) in [6, 6.07) is 11.4. The quantitative estimate of drug-likeness (QED) is 0.328. The zero-order valence-electron chi connectivity index (χ0n) is 19.0. The molecule has 0 aliphatic carbocycles. The Kier molecular flexibility index (Phi) is 7.21. The molecule has 1 aliphatic heterocycles. The normalized spacial score (nSPS) is 15.8. The van der Waals surface area contributed by atoms with Gasteiger partial charge in [0.15, 0.2) is 0 Å². The highest BCUT2D eigenvalue weighted by Gasteiger charge is 2.22. The molecule has 1 aromatic carbocycles. The molecule has 3 aromatic rings. The number of carbonyl (C=O) groups is 1. The van der Waals surface area contributed by atoms with Crippen LogP contribution in [-0.4, -0.2) is 68.9 Å². The minimum absolute atomic E-state index is 0.0685. The van der Waals surface area contributed by atoms with Crippen LogP contribution in [0.1, 0.15) is 36.5 Å². The van der Waals surface area contributed by atoms with E-state index < -0.39 is 10.1 Å². The highest BCUT2D eigenvalue weighted by molar-refractivity contribution is 7.85. The van der Waals surface area contributed by atoms with Crippen LogP contribution in [0.25, 0.3) is 16.4 Å². The molecule has 4 rings (SSSR count). The summed E-state index contributed by atoms with van der Waals surface area (Å²) in [5, 5.41) is 0.822. The van der Waals surface area contributed by atoms with Gasteiger partial charge in [0.25, 0.3) is 10.1 Å². The van der Waals surface area contributed by atoms with Crippen LogP contribution in [-0.2, 0) is 19.0 Å². The lowest BCUT2D eigenvalue weighted by Crippen LogP contribution is -2.35. The molecule has 0 radical (unpaired) electrons. The number of nitrogens with zero attached hydrogens (tertiary/aromatic N) is 2. The standard InChI is InChI=1S/C24H30N2O6S/c1-3-30-24(27)23-20-8-4-5-9-21(20)26-17-18(10-11-22(23)26)32-19(12-15-31-33(2,28)29)16-25-13-6-7-14-25/h4-5,8-11,17,19H,3,6-7,12-16H2,1-2H3. The Morgan fingerprint density at radius 1 is 1.09 bits per heavy atom. The first kappa shape index (κ1) is 23.5. The minimum Gasteiger partial charge on any atom is -0.487 e. The van der Waals surface area contributed by atoms with Crippen molar-refractivity contribution >= 4 is 32.5 Å². The molecule has 3 heterocycles. The Morgan fingerprint density at radius 3 is 2.58 bits per heavy atom. The van der Waals surface area contributed by atoms with E-state index in [9.17, 15) is 13.2 Å². The van der Waals surface area contributed by atoms with Gasteiger partial charge in [-0.15, -0.1) is 0 Å². The number of fused-ring (bicyclic) bond motifs is 3. The number of pyridine rings is 1. The smallest absolute Gasteiger partial charge is 0.340 e. The van der Waals surface area contributed by atoms with E-state index in [0.717, 1.165) is 48.6 Å². The maximum absolute atomic E-state index is 12.7. The molecule has 2 aromatic heterocycles. The molecule has 1 atom stereocenters. The molecule has 1 saturated heterocycles. The van der Waals surface area contributed by atoms with Crippen LogP contribution in [0.2, 0.25) is 0 Å². The Balaban J connectivity index is 1.62. The average Bonchev–Trinajstić information content (AvgIpc) is 3.38. The maximum Gasteiger partial charge on any atom is 0.340 e. The zero-order valence-corrected chi connectivity index (χ0v) is 19.8. The molecule has 0 N–H and O–H groups in total. The van der Waals surface area contributed by atoms with Crippen LogP contribution in [0.5, 0.6) is 5.75 Å². The first-order valence-corrected chi connectivity index (χ1v) is 13.1. The van der Waals surface area contributed by atoms with Crippen molar-refractivity contribution in [2.24, 2.45) is 0 Å². The lowest BCUT2D eigenvalue weighted by atomic mass is 10.1. The Labute approximate surface area is 194 Å². The fourth-order valence-electron chi connectivity index (χ4n) is 4.37. The van der Waals surface area contributed by atoms with Crippen LogP contribution in [0.3, 0.4) is 0 Å². The molecule has 0 spiro atoms. The number of hydrogen-bond donors (Lipinski definition) is 0. The van der Waals surface area contributed by atoms with Crippen LogP contribution in [0.4, 0.5) is 0 Å². The molecule has 33 heavy (non-hydrogen) atoms. The van der Waals surface area contributed by atoms with Crippen LogP contribution >= 0.6 is 0 Å². The van der Waals surface area contributed by atoms with Gasteiger partial charge in [0.05, 0.1) is 42.3 Å². The molecule has 1 aliphatic rings. The van der Waals surface area contributed by atoms with Gasteiger partial charge in [-0.1, -0.05) is 18.2 Å². The summed E-state index contributed by atoms with van der Waals surface area (Å²) in [7, 11) is -3.50. The fourth-order valence-corrected chi connectivity index (χ4v) is 4.77. The lowest BCUT2D eigenvalue weighted by molar-refractivity contribution is 0.0530. The average molecular weight is 475 g/mol. The topological polar surface area (TPSA) is 86.5 Å². The van der Waals surface area contributed by atoms with Gasteiger partial charge in [0.1, 0.15) is 11.9 Å².